The van der Waals surface area contributed by atoms with E-state index in [1.807, 2.05) is 0 Å². The van der Waals surface area contributed by atoms with Crippen molar-refractivity contribution in [2.45, 2.75) is 37.8 Å². The van der Waals surface area contributed by atoms with Gasteiger partial charge in [-0.3, -0.25) is 4.79 Å². The summed E-state index contributed by atoms with van der Waals surface area (Å²) in [6, 6.07) is 1.60. The van der Waals surface area contributed by atoms with E-state index in [0.717, 1.165) is 25.7 Å². The van der Waals surface area contributed by atoms with Crippen molar-refractivity contribution in [3.05, 3.63) is 16.3 Å². The van der Waals surface area contributed by atoms with Crippen LogP contribution >= 0.6 is 11.3 Å². The van der Waals surface area contributed by atoms with Crippen LogP contribution < -0.4 is 11.1 Å². The number of hydrogen-bond acceptors (Lipinski definition) is 4. The average molecular weight is 240 g/mol. The van der Waals surface area contributed by atoms with Crippen molar-refractivity contribution < 1.29 is 9.90 Å². The number of nitrogen functional groups attached to an aromatic ring is 1. The molecule has 0 unspecified atom stereocenters. The second kappa shape index (κ2) is 4.84. The van der Waals surface area contributed by atoms with Crippen LogP contribution in [0, 0.1) is 0 Å². The summed E-state index contributed by atoms with van der Waals surface area (Å²) in [5.74, 6) is -0.168. The number of hydrogen-bond donors (Lipinski definition) is 3. The number of thiophene rings is 1. The number of aliphatic hydroxyl groups is 1. The summed E-state index contributed by atoms with van der Waals surface area (Å²) in [5, 5.41) is 14.4. The Morgan fingerprint density at radius 2 is 2.25 bits per heavy atom. The number of nitrogens with one attached hydrogen (secondary N) is 1. The van der Waals surface area contributed by atoms with Crippen molar-refractivity contribution in [2.75, 3.05) is 5.73 Å². The monoisotopic (exact) mass is 240 g/mol. The van der Waals surface area contributed by atoms with Crippen molar-refractivity contribution in [2.24, 2.45) is 0 Å². The first-order valence-electron chi connectivity index (χ1n) is 5.50. The third kappa shape index (κ3) is 2.36. The first-order valence-corrected chi connectivity index (χ1v) is 6.38. The molecule has 0 aromatic carbocycles. The van der Waals surface area contributed by atoms with Crippen molar-refractivity contribution in [1.29, 1.82) is 0 Å². The lowest BCUT2D eigenvalue weighted by molar-refractivity contribution is 0.0720. The van der Waals surface area contributed by atoms with Crippen LogP contribution in [0.2, 0.25) is 0 Å². The highest BCUT2D eigenvalue weighted by molar-refractivity contribution is 7.12. The van der Waals surface area contributed by atoms with Crippen molar-refractivity contribution in [1.82, 2.24) is 5.32 Å². The highest BCUT2D eigenvalue weighted by atomic mass is 32.1. The third-order valence-corrected chi connectivity index (χ3v) is 3.88. The van der Waals surface area contributed by atoms with Gasteiger partial charge in [-0.05, 0) is 24.3 Å². The van der Waals surface area contributed by atoms with Gasteiger partial charge in [-0.15, -0.1) is 11.3 Å². The predicted molar refractivity (Wildman–Crippen MR) is 64.5 cm³/mol. The summed E-state index contributed by atoms with van der Waals surface area (Å²) in [7, 11) is 0. The quantitative estimate of drug-likeness (QED) is 0.730. The Morgan fingerprint density at radius 3 is 2.88 bits per heavy atom. The van der Waals surface area contributed by atoms with Gasteiger partial charge >= 0.3 is 0 Å². The molecular formula is C11H16N2O2S. The maximum atomic E-state index is 11.8. The Hall–Kier alpha value is -1.07. The van der Waals surface area contributed by atoms with E-state index < -0.39 is 6.10 Å². The topological polar surface area (TPSA) is 75.4 Å². The molecule has 2 rings (SSSR count). The lowest BCUT2D eigenvalue weighted by Gasteiger charge is -2.28. The molecule has 0 spiro atoms. The van der Waals surface area contributed by atoms with E-state index in [1.165, 1.54) is 11.3 Å². The number of amides is 1. The van der Waals surface area contributed by atoms with Gasteiger partial charge in [0.15, 0.2) is 0 Å². The summed E-state index contributed by atoms with van der Waals surface area (Å²) in [6.45, 7) is 0. The first kappa shape index (κ1) is 11.4. The summed E-state index contributed by atoms with van der Waals surface area (Å²) < 4.78 is 0. The average Bonchev–Trinajstić information content (AvgIpc) is 2.68. The Labute approximate surface area is 98.5 Å². The maximum Gasteiger partial charge on any atom is 0.263 e. The summed E-state index contributed by atoms with van der Waals surface area (Å²) >= 11 is 1.33. The van der Waals surface area contributed by atoms with Gasteiger partial charge in [0.05, 0.1) is 17.8 Å². The molecule has 1 heterocycles. The number of carbonyl (C=O) groups excluding carboxylic acids is 1. The fraction of sp³-hybridized carbons (Fsp3) is 0.545. The SMILES string of the molecule is Nc1ccsc1C(=O)N[C@@H]1CCCC[C@H]1O. The van der Waals surface area contributed by atoms with Crippen LogP contribution in [0.3, 0.4) is 0 Å². The van der Waals surface area contributed by atoms with E-state index >= 15 is 0 Å². The lowest BCUT2D eigenvalue weighted by Crippen LogP contribution is -2.44. The Bertz CT molecular complexity index is 378. The predicted octanol–water partition coefficient (Wildman–Crippen LogP) is 1.36. The normalized spacial score (nSPS) is 25.3. The minimum Gasteiger partial charge on any atom is -0.397 e. The van der Waals surface area contributed by atoms with Gasteiger partial charge in [0.2, 0.25) is 0 Å². The molecule has 1 aliphatic carbocycles. The Kier molecular flexibility index (Phi) is 3.46. The fourth-order valence-electron chi connectivity index (χ4n) is 2.02. The zero-order chi connectivity index (χ0) is 11.5. The van der Waals surface area contributed by atoms with E-state index in [-0.39, 0.29) is 11.9 Å². The molecule has 88 valence electrons. The Balaban J connectivity index is 1.99. The van der Waals surface area contributed by atoms with Crippen molar-refractivity contribution >= 4 is 22.9 Å². The number of aliphatic hydroxyl groups excluding tert-OH is 1. The highest BCUT2D eigenvalue weighted by Gasteiger charge is 2.25. The van der Waals surface area contributed by atoms with Gasteiger partial charge in [0.1, 0.15) is 4.88 Å². The first-order chi connectivity index (χ1) is 7.68. The van der Waals surface area contributed by atoms with Gasteiger partial charge in [-0.1, -0.05) is 12.8 Å². The second-order valence-electron chi connectivity index (χ2n) is 4.14. The van der Waals surface area contributed by atoms with Crippen LogP contribution in [-0.2, 0) is 0 Å². The highest BCUT2D eigenvalue weighted by Crippen LogP contribution is 2.22. The van der Waals surface area contributed by atoms with Gasteiger partial charge in [0.25, 0.3) is 5.91 Å². The summed E-state index contributed by atoms with van der Waals surface area (Å²) in [6.07, 6.45) is 3.29. The molecule has 1 aromatic rings. The lowest BCUT2D eigenvalue weighted by atomic mass is 9.92. The number of carbonyl (C=O) groups is 1. The molecule has 2 atom stereocenters. The molecule has 0 aliphatic heterocycles. The molecule has 0 saturated heterocycles. The van der Waals surface area contributed by atoms with Gasteiger partial charge in [0, 0.05) is 0 Å². The van der Waals surface area contributed by atoms with Crippen LogP contribution in [0.1, 0.15) is 35.4 Å². The summed E-state index contributed by atoms with van der Waals surface area (Å²) in [4.78, 5) is 12.4. The van der Waals surface area contributed by atoms with E-state index in [1.54, 1.807) is 11.4 Å². The fourth-order valence-corrected chi connectivity index (χ4v) is 2.74. The number of rotatable bonds is 2. The van der Waals surface area contributed by atoms with E-state index in [2.05, 4.69) is 5.32 Å². The standard InChI is InChI=1S/C11H16N2O2S/c12-7-5-6-16-10(7)11(15)13-8-3-1-2-4-9(8)14/h5-6,8-9,14H,1-4,12H2,(H,13,15)/t8-,9-/m1/s1. The van der Waals surface area contributed by atoms with Crippen LogP contribution in [0.25, 0.3) is 0 Å². The molecule has 1 aliphatic rings. The Morgan fingerprint density at radius 1 is 1.50 bits per heavy atom. The van der Waals surface area contributed by atoms with Gasteiger partial charge < -0.3 is 16.2 Å². The van der Waals surface area contributed by atoms with E-state index in [4.69, 9.17) is 5.73 Å². The van der Waals surface area contributed by atoms with E-state index in [9.17, 15) is 9.90 Å². The third-order valence-electron chi connectivity index (χ3n) is 2.95. The van der Waals surface area contributed by atoms with Crippen LogP contribution in [0.15, 0.2) is 11.4 Å². The smallest absolute Gasteiger partial charge is 0.263 e. The molecule has 1 amide bonds. The molecule has 1 aromatic heterocycles. The summed E-state index contributed by atoms with van der Waals surface area (Å²) in [5.41, 5.74) is 6.18. The van der Waals surface area contributed by atoms with E-state index in [0.29, 0.717) is 10.6 Å². The minimum absolute atomic E-state index is 0.122. The molecule has 0 radical (unpaired) electrons. The van der Waals surface area contributed by atoms with Crippen LogP contribution in [-0.4, -0.2) is 23.2 Å². The second-order valence-corrected chi connectivity index (χ2v) is 5.05. The minimum atomic E-state index is -0.418. The molecule has 4 N–H and O–H groups in total. The van der Waals surface area contributed by atoms with Crippen LogP contribution in [0.5, 0.6) is 0 Å². The molecule has 0 bridgehead atoms. The molecule has 4 nitrogen and oxygen atoms in total. The van der Waals surface area contributed by atoms with Gasteiger partial charge in [-0.25, -0.2) is 0 Å². The zero-order valence-corrected chi connectivity index (χ0v) is 9.80. The molecule has 1 fully saturated rings. The van der Waals surface area contributed by atoms with Crippen molar-refractivity contribution in [3.8, 4) is 0 Å². The largest absolute Gasteiger partial charge is 0.397 e. The van der Waals surface area contributed by atoms with Crippen LogP contribution in [0.4, 0.5) is 5.69 Å². The zero-order valence-electron chi connectivity index (χ0n) is 8.98. The number of nitrogens with two attached hydrogens (primary N) is 1. The molecule has 5 heteroatoms. The van der Waals surface area contributed by atoms with Gasteiger partial charge in [-0.2, -0.15) is 0 Å². The maximum absolute atomic E-state index is 11.8. The van der Waals surface area contributed by atoms with Crippen molar-refractivity contribution in [3.63, 3.8) is 0 Å². The molecule has 16 heavy (non-hydrogen) atoms. The number of anilines is 1. The molecular weight excluding hydrogens is 224 g/mol. The molecule has 1 saturated carbocycles.